The Bertz CT molecular complexity index is 757. The molecule has 0 fully saturated rings. The number of hydrogen-bond donors (Lipinski definition) is 1. The fraction of sp³-hybridized carbons (Fsp3) is 0.235. The van der Waals surface area contributed by atoms with Crippen molar-refractivity contribution in [3.05, 3.63) is 65.2 Å². The minimum absolute atomic E-state index is 0.427. The fourth-order valence-electron chi connectivity index (χ4n) is 2.59. The molecule has 0 aliphatic heterocycles. The van der Waals surface area contributed by atoms with E-state index in [9.17, 15) is 0 Å². The van der Waals surface area contributed by atoms with Crippen LogP contribution in [0.2, 0.25) is 0 Å². The van der Waals surface area contributed by atoms with Crippen LogP contribution in [0.3, 0.4) is 0 Å². The van der Waals surface area contributed by atoms with Crippen molar-refractivity contribution in [1.82, 2.24) is 9.38 Å². The highest BCUT2D eigenvalue weighted by atomic mass is 16.5. The molecule has 0 saturated heterocycles. The highest BCUT2D eigenvalue weighted by Gasteiger charge is 2.11. The topological polar surface area (TPSA) is 52.5 Å². The van der Waals surface area contributed by atoms with Gasteiger partial charge in [-0.05, 0) is 37.1 Å². The third-order valence-electron chi connectivity index (χ3n) is 3.65. The first-order valence-corrected chi connectivity index (χ1v) is 7.04. The number of aryl methyl sites for hydroxylation is 2. The molecule has 4 heteroatoms. The van der Waals surface area contributed by atoms with Gasteiger partial charge in [-0.2, -0.15) is 0 Å². The maximum absolute atomic E-state index is 6.00. The standard InChI is InChI=1S/C17H19N3O/c1-12-6-5-7-13(2)17(12)21-11-16-19-14(10-18)15-8-3-4-9-20(15)16/h3-9H,10-11,18H2,1-2H3. The van der Waals surface area contributed by atoms with Crippen LogP contribution in [0.1, 0.15) is 22.6 Å². The number of fused-ring (bicyclic) bond motifs is 1. The molecular weight excluding hydrogens is 262 g/mol. The monoisotopic (exact) mass is 281 g/mol. The van der Waals surface area contributed by atoms with Crippen molar-refractivity contribution in [3.8, 4) is 5.75 Å². The smallest absolute Gasteiger partial charge is 0.151 e. The summed E-state index contributed by atoms with van der Waals surface area (Å²) in [5, 5.41) is 0. The lowest BCUT2D eigenvalue weighted by molar-refractivity contribution is 0.291. The van der Waals surface area contributed by atoms with Crippen molar-refractivity contribution in [2.75, 3.05) is 0 Å². The molecule has 0 amide bonds. The Morgan fingerprint density at radius 2 is 1.86 bits per heavy atom. The molecule has 2 N–H and O–H groups in total. The number of imidazole rings is 1. The second-order valence-electron chi connectivity index (χ2n) is 5.14. The second kappa shape index (κ2) is 5.58. The normalized spacial score (nSPS) is 11.0. The van der Waals surface area contributed by atoms with Gasteiger partial charge in [0.25, 0.3) is 0 Å². The molecule has 0 saturated carbocycles. The Hall–Kier alpha value is -2.33. The van der Waals surface area contributed by atoms with Gasteiger partial charge in [-0.3, -0.25) is 0 Å². The van der Waals surface area contributed by atoms with Gasteiger partial charge in [-0.25, -0.2) is 4.98 Å². The average molecular weight is 281 g/mol. The lowest BCUT2D eigenvalue weighted by Crippen LogP contribution is -2.03. The number of ether oxygens (including phenoxy) is 1. The first-order chi connectivity index (χ1) is 10.2. The molecular formula is C17H19N3O. The van der Waals surface area contributed by atoms with Crippen molar-refractivity contribution in [2.45, 2.75) is 27.0 Å². The predicted molar refractivity (Wildman–Crippen MR) is 83.3 cm³/mol. The zero-order valence-corrected chi connectivity index (χ0v) is 12.3. The Labute approximate surface area is 124 Å². The molecule has 0 bridgehead atoms. The van der Waals surface area contributed by atoms with E-state index < -0.39 is 0 Å². The van der Waals surface area contributed by atoms with Gasteiger partial charge in [0, 0.05) is 12.7 Å². The third kappa shape index (κ3) is 2.50. The van der Waals surface area contributed by atoms with Crippen LogP contribution in [0, 0.1) is 13.8 Å². The molecule has 0 atom stereocenters. The van der Waals surface area contributed by atoms with Crippen molar-refractivity contribution < 1.29 is 4.74 Å². The number of rotatable bonds is 4. The Balaban J connectivity index is 1.92. The SMILES string of the molecule is Cc1cccc(C)c1OCc1nc(CN)c2ccccn12. The van der Waals surface area contributed by atoms with Crippen molar-refractivity contribution in [2.24, 2.45) is 5.73 Å². The molecule has 21 heavy (non-hydrogen) atoms. The molecule has 1 aromatic carbocycles. The minimum atomic E-state index is 0.427. The summed E-state index contributed by atoms with van der Waals surface area (Å²) in [6.45, 7) is 4.96. The predicted octanol–water partition coefficient (Wildman–Crippen LogP) is 2.99. The zero-order chi connectivity index (χ0) is 14.8. The van der Waals surface area contributed by atoms with E-state index in [0.717, 1.165) is 33.9 Å². The van der Waals surface area contributed by atoms with Crippen LogP contribution >= 0.6 is 0 Å². The third-order valence-corrected chi connectivity index (χ3v) is 3.65. The van der Waals surface area contributed by atoms with Gasteiger partial charge < -0.3 is 14.9 Å². The minimum Gasteiger partial charge on any atom is -0.485 e. The first-order valence-electron chi connectivity index (χ1n) is 7.04. The Kier molecular flexibility index (Phi) is 3.62. The number of nitrogens with zero attached hydrogens (tertiary/aromatic N) is 2. The average Bonchev–Trinajstić information content (AvgIpc) is 2.85. The van der Waals surface area contributed by atoms with Crippen LogP contribution in [0.25, 0.3) is 5.52 Å². The Morgan fingerprint density at radius 1 is 1.10 bits per heavy atom. The molecule has 108 valence electrons. The largest absolute Gasteiger partial charge is 0.485 e. The van der Waals surface area contributed by atoms with E-state index in [0.29, 0.717) is 13.2 Å². The second-order valence-corrected chi connectivity index (χ2v) is 5.14. The van der Waals surface area contributed by atoms with Gasteiger partial charge in [-0.15, -0.1) is 0 Å². The van der Waals surface area contributed by atoms with Crippen molar-refractivity contribution >= 4 is 5.52 Å². The van der Waals surface area contributed by atoms with E-state index in [-0.39, 0.29) is 0 Å². The summed E-state index contributed by atoms with van der Waals surface area (Å²) >= 11 is 0. The van der Waals surface area contributed by atoms with E-state index in [1.807, 2.05) is 34.9 Å². The fourth-order valence-corrected chi connectivity index (χ4v) is 2.59. The molecule has 3 aromatic rings. The number of benzene rings is 1. The van der Waals surface area contributed by atoms with E-state index in [1.165, 1.54) is 0 Å². The number of hydrogen-bond acceptors (Lipinski definition) is 3. The van der Waals surface area contributed by atoms with E-state index >= 15 is 0 Å². The Morgan fingerprint density at radius 3 is 2.57 bits per heavy atom. The van der Waals surface area contributed by atoms with Crippen molar-refractivity contribution in [1.29, 1.82) is 0 Å². The number of para-hydroxylation sites is 1. The molecule has 0 spiro atoms. The lowest BCUT2D eigenvalue weighted by atomic mass is 10.1. The van der Waals surface area contributed by atoms with Gasteiger partial charge in [0.05, 0.1) is 11.2 Å². The van der Waals surface area contributed by atoms with E-state index in [1.54, 1.807) is 0 Å². The van der Waals surface area contributed by atoms with Crippen LogP contribution in [-0.4, -0.2) is 9.38 Å². The molecule has 2 heterocycles. The zero-order valence-electron chi connectivity index (χ0n) is 12.3. The summed E-state index contributed by atoms with van der Waals surface area (Å²) in [5.74, 6) is 1.80. The molecule has 3 rings (SSSR count). The molecule has 4 nitrogen and oxygen atoms in total. The van der Waals surface area contributed by atoms with Crippen molar-refractivity contribution in [3.63, 3.8) is 0 Å². The van der Waals surface area contributed by atoms with Crippen LogP contribution < -0.4 is 10.5 Å². The molecule has 0 unspecified atom stereocenters. The van der Waals surface area contributed by atoms with Crippen LogP contribution in [0.4, 0.5) is 0 Å². The van der Waals surface area contributed by atoms with E-state index in [2.05, 4.69) is 31.0 Å². The highest BCUT2D eigenvalue weighted by Crippen LogP contribution is 2.23. The maximum atomic E-state index is 6.00. The maximum Gasteiger partial charge on any atom is 0.151 e. The van der Waals surface area contributed by atoms with Crippen LogP contribution in [-0.2, 0) is 13.2 Å². The molecule has 0 aliphatic carbocycles. The van der Waals surface area contributed by atoms with E-state index in [4.69, 9.17) is 10.5 Å². The molecule has 2 aromatic heterocycles. The van der Waals surface area contributed by atoms with Gasteiger partial charge in [0.1, 0.15) is 12.4 Å². The summed E-state index contributed by atoms with van der Waals surface area (Å²) in [5.41, 5.74) is 9.98. The van der Waals surface area contributed by atoms with Crippen LogP contribution in [0.5, 0.6) is 5.75 Å². The quantitative estimate of drug-likeness (QED) is 0.800. The lowest BCUT2D eigenvalue weighted by Gasteiger charge is -2.11. The summed E-state index contributed by atoms with van der Waals surface area (Å²) in [7, 11) is 0. The summed E-state index contributed by atoms with van der Waals surface area (Å²) in [4.78, 5) is 4.60. The number of pyridine rings is 1. The summed E-state index contributed by atoms with van der Waals surface area (Å²) < 4.78 is 8.03. The van der Waals surface area contributed by atoms with Gasteiger partial charge in [-0.1, -0.05) is 24.3 Å². The first kappa shape index (κ1) is 13.6. The molecule has 0 aliphatic rings. The molecule has 0 radical (unpaired) electrons. The van der Waals surface area contributed by atoms with Gasteiger partial charge in [0.15, 0.2) is 5.82 Å². The summed E-state index contributed by atoms with van der Waals surface area (Å²) in [6, 6.07) is 12.1. The summed E-state index contributed by atoms with van der Waals surface area (Å²) in [6.07, 6.45) is 1.99. The highest BCUT2D eigenvalue weighted by molar-refractivity contribution is 5.53. The number of nitrogens with two attached hydrogens (primary N) is 1. The number of aromatic nitrogens is 2. The van der Waals surface area contributed by atoms with Crippen LogP contribution in [0.15, 0.2) is 42.6 Å². The van der Waals surface area contributed by atoms with Gasteiger partial charge >= 0.3 is 0 Å². The van der Waals surface area contributed by atoms with Gasteiger partial charge in [0.2, 0.25) is 0 Å².